The van der Waals surface area contributed by atoms with Crippen molar-refractivity contribution in [3.63, 3.8) is 0 Å². The molecule has 2 atom stereocenters. The maximum absolute atomic E-state index is 13.3. The van der Waals surface area contributed by atoms with Gasteiger partial charge in [-0.1, -0.05) is 6.07 Å². The molecule has 2 unspecified atom stereocenters. The minimum absolute atomic E-state index is 0.0528. The van der Waals surface area contributed by atoms with Crippen LogP contribution in [0.1, 0.15) is 18.5 Å². The number of ether oxygens (including phenoxy) is 2. The Hall–Kier alpha value is -3.66. The Morgan fingerprint density at radius 3 is 2.73 bits per heavy atom. The molecule has 4 amide bonds. The number of aromatic nitrogens is 1. The number of rotatable bonds is 7. The van der Waals surface area contributed by atoms with E-state index in [4.69, 9.17) is 9.47 Å². The molecule has 3 heterocycles. The van der Waals surface area contributed by atoms with E-state index in [1.807, 2.05) is 0 Å². The molecular formula is C23H27N5O5. The molecule has 0 aliphatic carbocycles. The van der Waals surface area contributed by atoms with E-state index >= 15 is 0 Å². The van der Waals surface area contributed by atoms with Crippen molar-refractivity contribution in [1.82, 2.24) is 20.1 Å². The lowest BCUT2D eigenvalue weighted by atomic mass is 9.93. The first-order valence-electron chi connectivity index (χ1n) is 10.8. The maximum atomic E-state index is 13.3. The average molecular weight is 453 g/mol. The summed E-state index contributed by atoms with van der Waals surface area (Å²) in [5.41, 5.74) is 1.12. The van der Waals surface area contributed by atoms with Crippen molar-refractivity contribution in [3.8, 4) is 11.5 Å². The first-order valence-corrected chi connectivity index (χ1v) is 10.8. The fourth-order valence-corrected chi connectivity index (χ4v) is 4.27. The van der Waals surface area contributed by atoms with Crippen LogP contribution in [0, 0.1) is 0 Å². The summed E-state index contributed by atoms with van der Waals surface area (Å²) >= 11 is 0. The highest BCUT2D eigenvalue weighted by atomic mass is 16.5. The zero-order valence-electron chi connectivity index (χ0n) is 18.6. The van der Waals surface area contributed by atoms with E-state index in [1.54, 1.807) is 42.6 Å². The third-order valence-electron chi connectivity index (χ3n) is 5.86. The molecule has 0 spiro atoms. The van der Waals surface area contributed by atoms with Crippen molar-refractivity contribution in [2.45, 2.75) is 31.5 Å². The van der Waals surface area contributed by atoms with Crippen molar-refractivity contribution >= 4 is 23.5 Å². The molecule has 0 radical (unpaired) electrons. The molecule has 10 heteroatoms. The zero-order chi connectivity index (χ0) is 23.4. The second kappa shape index (κ2) is 9.86. The van der Waals surface area contributed by atoms with Crippen LogP contribution in [0.4, 0.5) is 10.5 Å². The first kappa shape index (κ1) is 22.5. The zero-order valence-corrected chi connectivity index (χ0v) is 18.6. The highest BCUT2D eigenvalue weighted by molar-refractivity contribution is 6.02. The van der Waals surface area contributed by atoms with Crippen LogP contribution < -0.4 is 20.1 Å². The van der Waals surface area contributed by atoms with Crippen LogP contribution in [0.5, 0.6) is 11.5 Å². The number of amides is 4. The third-order valence-corrected chi connectivity index (χ3v) is 5.86. The molecule has 2 aliphatic rings. The Kier molecular flexibility index (Phi) is 6.74. The lowest BCUT2D eigenvalue weighted by Crippen LogP contribution is -2.70. The minimum atomic E-state index is -0.547. The number of hydrogen-bond donors (Lipinski definition) is 2. The number of carbonyl (C=O) groups excluding carboxylic acids is 3. The number of fused-ring (bicyclic) bond motifs is 1. The number of nitrogens with one attached hydrogen (secondary N) is 2. The van der Waals surface area contributed by atoms with Gasteiger partial charge in [0.15, 0.2) is 11.5 Å². The molecule has 2 aliphatic heterocycles. The van der Waals surface area contributed by atoms with E-state index in [1.165, 1.54) is 24.0 Å². The molecule has 2 fully saturated rings. The Morgan fingerprint density at radius 2 is 2.00 bits per heavy atom. The highest BCUT2D eigenvalue weighted by Gasteiger charge is 2.47. The van der Waals surface area contributed by atoms with Gasteiger partial charge in [0.1, 0.15) is 12.6 Å². The quantitative estimate of drug-likeness (QED) is 0.655. The van der Waals surface area contributed by atoms with Crippen molar-refractivity contribution < 1.29 is 23.9 Å². The van der Waals surface area contributed by atoms with E-state index in [-0.39, 0.29) is 30.9 Å². The molecule has 0 saturated carbocycles. The lowest BCUT2D eigenvalue weighted by molar-refractivity contribution is -0.138. The fourth-order valence-electron chi connectivity index (χ4n) is 4.27. The monoisotopic (exact) mass is 453 g/mol. The molecular weight excluding hydrogens is 426 g/mol. The molecule has 10 nitrogen and oxygen atoms in total. The number of carbonyl (C=O) groups is 3. The molecule has 0 bridgehead atoms. The molecule has 2 N–H and O–H groups in total. The maximum Gasteiger partial charge on any atom is 0.327 e. The molecule has 2 saturated heterocycles. The van der Waals surface area contributed by atoms with Crippen LogP contribution in [-0.2, 0) is 16.1 Å². The smallest absolute Gasteiger partial charge is 0.327 e. The lowest BCUT2D eigenvalue weighted by Gasteiger charge is -2.46. The predicted octanol–water partition coefficient (Wildman–Crippen LogP) is 1.62. The minimum Gasteiger partial charge on any atom is -0.493 e. The Bertz CT molecular complexity index is 1030. The standard InChI is InChI=1S/C23H27N5O5/c1-32-18-9-8-15(12-19(18)33-2)26-20(29)14-27-17-7-5-11-25-21(17)22(30)28(23(27)31)13-16-6-3-4-10-24-16/h3-4,6,8-10,12,17,21,25H,5,7,11,13-14H2,1-2H3,(H,26,29). The highest BCUT2D eigenvalue weighted by Crippen LogP contribution is 2.30. The number of urea groups is 1. The molecule has 1 aromatic heterocycles. The van der Waals surface area contributed by atoms with Gasteiger partial charge in [-0.15, -0.1) is 0 Å². The molecule has 174 valence electrons. The van der Waals surface area contributed by atoms with Crippen LogP contribution in [0.2, 0.25) is 0 Å². The van der Waals surface area contributed by atoms with Gasteiger partial charge in [0.05, 0.1) is 32.5 Å². The second-order valence-corrected chi connectivity index (χ2v) is 7.92. The summed E-state index contributed by atoms with van der Waals surface area (Å²) in [6, 6.07) is 8.95. The molecule has 2 aromatic rings. The van der Waals surface area contributed by atoms with Crippen molar-refractivity contribution in [3.05, 3.63) is 48.3 Å². The number of benzene rings is 1. The van der Waals surface area contributed by atoms with Gasteiger partial charge in [0.25, 0.3) is 0 Å². The van der Waals surface area contributed by atoms with Gasteiger partial charge in [0, 0.05) is 18.0 Å². The number of anilines is 1. The van der Waals surface area contributed by atoms with E-state index in [0.29, 0.717) is 35.8 Å². The van der Waals surface area contributed by atoms with Gasteiger partial charge in [-0.05, 0) is 43.7 Å². The van der Waals surface area contributed by atoms with Crippen LogP contribution >= 0.6 is 0 Å². The SMILES string of the molecule is COc1ccc(NC(=O)CN2C(=O)N(Cc3ccccn3)C(=O)C3NCCCC32)cc1OC. The summed E-state index contributed by atoms with van der Waals surface area (Å²) < 4.78 is 10.5. The molecule has 4 rings (SSSR count). The van der Waals surface area contributed by atoms with E-state index in [0.717, 1.165) is 6.42 Å². The van der Waals surface area contributed by atoms with E-state index in [9.17, 15) is 14.4 Å². The molecule has 1 aromatic carbocycles. The largest absolute Gasteiger partial charge is 0.493 e. The average Bonchev–Trinajstić information content (AvgIpc) is 2.85. The van der Waals surface area contributed by atoms with Crippen LogP contribution in [-0.4, -0.2) is 72.0 Å². The van der Waals surface area contributed by atoms with Gasteiger partial charge < -0.3 is 25.0 Å². The van der Waals surface area contributed by atoms with Crippen LogP contribution in [0.3, 0.4) is 0 Å². The number of pyridine rings is 1. The first-order chi connectivity index (χ1) is 16.0. The normalized spacial score (nSPS) is 20.3. The summed E-state index contributed by atoms with van der Waals surface area (Å²) in [5, 5.41) is 6.02. The number of nitrogens with zero attached hydrogens (tertiary/aromatic N) is 3. The number of hydrogen-bond acceptors (Lipinski definition) is 7. The van der Waals surface area contributed by atoms with Crippen molar-refractivity contribution in [2.24, 2.45) is 0 Å². The van der Waals surface area contributed by atoms with E-state index in [2.05, 4.69) is 15.6 Å². The van der Waals surface area contributed by atoms with Gasteiger partial charge in [-0.2, -0.15) is 0 Å². The number of piperidine rings is 1. The summed E-state index contributed by atoms with van der Waals surface area (Å²) in [5.74, 6) is 0.369. The second-order valence-electron chi connectivity index (χ2n) is 7.92. The number of imide groups is 1. The topological polar surface area (TPSA) is 113 Å². The summed E-state index contributed by atoms with van der Waals surface area (Å²) in [7, 11) is 3.05. The van der Waals surface area contributed by atoms with Gasteiger partial charge in [0.2, 0.25) is 11.8 Å². The van der Waals surface area contributed by atoms with Crippen LogP contribution in [0.15, 0.2) is 42.6 Å². The third kappa shape index (κ3) is 4.75. The predicted molar refractivity (Wildman–Crippen MR) is 120 cm³/mol. The van der Waals surface area contributed by atoms with Gasteiger partial charge in [-0.25, -0.2) is 4.79 Å². The van der Waals surface area contributed by atoms with Gasteiger partial charge in [-0.3, -0.25) is 19.5 Å². The van der Waals surface area contributed by atoms with Crippen LogP contribution in [0.25, 0.3) is 0 Å². The Balaban J connectivity index is 1.52. The fraction of sp³-hybridized carbons (Fsp3) is 0.391. The number of methoxy groups -OCH3 is 2. The van der Waals surface area contributed by atoms with Crippen molar-refractivity contribution in [2.75, 3.05) is 32.6 Å². The van der Waals surface area contributed by atoms with Crippen molar-refractivity contribution in [1.29, 1.82) is 0 Å². The van der Waals surface area contributed by atoms with E-state index < -0.39 is 12.1 Å². The summed E-state index contributed by atoms with van der Waals surface area (Å²) in [4.78, 5) is 46.2. The van der Waals surface area contributed by atoms with Gasteiger partial charge >= 0.3 is 6.03 Å². The molecule has 33 heavy (non-hydrogen) atoms. The Labute approximate surface area is 191 Å². The Morgan fingerprint density at radius 1 is 1.18 bits per heavy atom. The summed E-state index contributed by atoms with van der Waals surface area (Å²) in [6.45, 7) is 0.559. The summed E-state index contributed by atoms with van der Waals surface area (Å²) in [6.07, 6.45) is 3.08.